The molecule has 0 unspecified atom stereocenters. The van der Waals surface area contributed by atoms with Crippen molar-refractivity contribution in [1.82, 2.24) is 0 Å². The highest BCUT2D eigenvalue weighted by molar-refractivity contribution is 5.69. The van der Waals surface area contributed by atoms with E-state index in [1.54, 1.807) is 0 Å². The summed E-state index contributed by atoms with van der Waals surface area (Å²) < 4.78 is 20.5. The van der Waals surface area contributed by atoms with E-state index >= 15 is 0 Å². The van der Waals surface area contributed by atoms with Crippen molar-refractivity contribution >= 4 is 11.9 Å². The van der Waals surface area contributed by atoms with E-state index in [1.165, 1.54) is 12.5 Å². The summed E-state index contributed by atoms with van der Waals surface area (Å²) in [5.41, 5.74) is 0. The van der Waals surface area contributed by atoms with Gasteiger partial charge in [0, 0.05) is 12.8 Å². The minimum Gasteiger partial charge on any atom is -0.502 e. The third-order valence-electron chi connectivity index (χ3n) is 4.34. The van der Waals surface area contributed by atoms with Gasteiger partial charge in [-0.25, -0.2) is 0 Å². The van der Waals surface area contributed by atoms with Gasteiger partial charge in [-0.05, 0) is 64.2 Å². The van der Waals surface area contributed by atoms with Crippen molar-refractivity contribution in [2.75, 3.05) is 26.4 Å². The smallest absolute Gasteiger partial charge is 0.305 e. The number of ether oxygens (including phenoxy) is 4. The zero-order valence-corrected chi connectivity index (χ0v) is 18.0. The molecule has 29 heavy (non-hydrogen) atoms. The molecule has 0 radical (unpaired) electrons. The Hall–Kier alpha value is -1.98. The molecule has 0 saturated heterocycles. The lowest BCUT2D eigenvalue weighted by Crippen LogP contribution is -2.07. The number of hydrogen-bond donors (Lipinski definition) is 0. The molecular formula is C23H40O6. The third kappa shape index (κ3) is 22.2. The van der Waals surface area contributed by atoms with Crippen molar-refractivity contribution in [2.24, 2.45) is 0 Å². The van der Waals surface area contributed by atoms with Crippen LogP contribution in [0.25, 0.3) is 0 Å². The second kappa shape index (κ2) is 22.3. The minimum atomic E-state index is -0.152. The van der Waals surface area contributed by atoms with Gasteiger partial charge in [0.25, 0.3) is 0 Å². The summed E-state index contributed by atoms with van der Waals surface area (Å²) >= 11 is 0. The van der Waals surface area contributed by atoms with E-state index in [0.29, 0.717) is 39.3 Å². The molecule has 0 saturated carbocycles. The molecule has 0 bridgehead atoms. The molecule has 0 spiro atoms. The van der Waals surface area contributed by atoms with Crippen LogP contribution in [0.3, 0.4) is 0 Å². The van der Waals surface area contributed by atoms with Gasteiger partial charge in [0.05, 0.1) is 39.0 Å². The van der Waals surface area contributed by atoms with Crippen molar-refractivity contribution in [3.8, 4) is 0 Å². The van der Waals surface area contributed by atoms with Gasteiger partial charge in [-0.3, -0.25) is 9.59 Å². The van der Waals surface area contributed by atoms with Crippen LogP contribution in [0.1, 0.15) is 83.5 Å². The predicted molar refractivity (Wildman–Crippen MR) is 114 cm³/mol. The van der Waals surface area contributed by atoms with Crippen LogP contribution in [0.2, 0.25) is 0 Å². The van der Waals surface area contributed by atoms with E-state index in [0.717, 1.165) is 70.6 Å². The maximum absolute atomic E-state index is 11.6. The molecule has 0 amide bonds. The molecule has 0 aromatic heterocycles. The largest absolute Gasteiger partial charge is 0.502 e. The molecular weight excluding hydrogens is 372 g/mol. The van der Waals surface area contributed by atoms with Gasteiger partial charge in [0.2, 0.25) is 0 Å². The van der Waals surface area contributed by atoms with Crippen LogP contribution >= 0.6 is 0 Å². The Labute approximate surface area is 176 Å². The Morgan fingerprint density at radius 1 is 0.517 bits per heavy atom. The van der Waals surface area contributed by atoms with E-state index in [9.17, 15) is 9.59 Å². The van der Waals surface area contributed by atoms with Crippen LogP contribution in [0.4, 0.5) is 0 Å². The number of unbranched alkanes of at least 4 members (excludes halogenated alkanes) is 8. The molecule has 0 atom stereocenters. The summed E-state index contributed by atoms with van der Waals surface area (Å²) in [5.74, 6) is -0.304. The number of rotatable bonds is 22. The maximum atomic E-state index is 11.6. The summed E-state index contributed by atoms with van der Waals surface area (Å²) in [6.45, 7) is 9.34. The standard InChI is InChI=1S/C23H40O6/c1-3-26-18-12-5-7-14-20-28-22(24)16-10-9-11-17-23(25)29-21-15-8-6-13-19-27-4-2/h3-4H,1-2,5-21H2. The van der Waals surface area contributed by atoms with E-state index in [4.69, 9.17) is 18.9 Å². The van der Waals surface area contributed by atoms with Gasteiger partial charge >= 0.3 is 11.9 Å². The summed E-state index contributed by atoms with van der Waals surface area (Å²) in [5, 5.41) is 0. The average Bonchev–Trinajstić information content (AvgIpc) is 2.71. The van der Waals surface area contributed by atoms with Crippen LogP contribution in [0.15, 0.2) is 25.7 Å². The zero-order valence-electron chi connectivity index (χ0n) is 18.0. The van der Waals surface area contributed by atoms with Crippen LogP contribution in [0.5, 0.6) is 0 Å². The van der Waals surface area contributed by atoms with Gasteiger partial charge in [-0.1, -0.05) is 19.6 Å². The van der Waals surface area contributed by atoms with Crippen LogP contribution in [-0.2, 0) is 28.5 Å². The number of hydrogen-bond acceptors (Lipinski definition) is 6. The molecule has 6 nitrogen and oxygen atoms in total. The number of carbonyl (C=O) groups excluding carboxylic acids is 2. The molecule has 0 aliphatic rings. The first-order valence-electron chi connectivity index (χ1n) is 11.0. The fraction of sp³-hybridized carbons (Fsp3) is 0.739. The first kappa shape index (κ1) is 27.0. The summed E-state index contributed by atoms with van der Waals surface area (Å²) in [6.07, 6.45) is 14.0. The van der Waals surface area contributed by atoms with E-state index < -0.39 is 0 Å². The van der Waals surface area contributed by atoms with Crippen molar-refractivity contribution in [3.63, 3.8) is 0 Å². The highest BCUT2D eigenvalue weighted by Crippen LogP contribution is 2.07. The fourth-order valence-corrected chi connectivity index (χ4v) is 2.68. The molecule has 0 N–H and O–H groups in total. The van der Waals surface area contributed by atoms with Gasteiger partial charge in [-0.2, -0.15) is 0 Å². The molecule has 0 fully saturated rings. The third-order valence-corrected chi connectivity index (χ3v) is 4.34. The Kier molecular flexibility index (Phi) is 20.8. The summed E-state index contributed by atoms with van der Waals surface area (Å²) in [4.78, 5) is 23.3. The van der Waals surface area contributed by atoms with Crippen molar-refractivity contribution in [3.05, 3.63) is 25.7 Å². The van der Waals surface area contributed by atoms with Gasteiger partial charge in [0.15, 0.2) is 0 Å². The SMILES string of the molecule is C=COCCCCCCOC(=O)CCCCCC(=O)OCCCCCCOC=C. The Balaban J connectivity index is 3.30. The normalized spacial score (nSPS) is 10.2. The molecule has 0 aliphatic heterocycles. The Morgan fingerprint density at radius 3 is 1.24 bits per heavy atom. The lowest BCUT2D eigenvalue weighted by atomic mass is 10.1. The fourth-order valence-electron chi connectivity index (χ4n) is 2.68. The molecule has 0 aromatic carbocycles. The van der Waals surface area contributed by atoms with Gasteiger partial charge in [0.1, 0.15) is 0 Å². The maximum Gasteiger partial charge on any atom is 0.305 e. The molecule has 0 rings (SSSR count). The van der Waals surface area contributed by atoms with E-state index in [-0.39, 0.29) is 11.9 Å². The van der Waals surface area contributed by atoms with Crippen LogP contribution in [0, 0.1) is 0 Å². The van der Waals surface area contributed by atoms with Crippen molar-refractivity contribution in [1.29, 1.82) is 0 Å². The second-order valence-electron chi connectivity index (χ2n) is 6.90. The lowest BCUT2D eigenvalue weighted by molar-refractivity contribution is -0.144. The average molecular weight is 413 g/mol. The number of carbonyl (C=O) groups is 2. The molecule has 0 aliphatic carbocycles. The first-order chi connectivity index (χ1) is 14.2. The van der Waals surface area contributed by atoms with Crippen molar-refractivity contribution in [2.45, 2.75) is 83.5 Å². The van der Waals surface area contributed by atoms with Gasteiger partial charge in [-0.15, -0.1) is 0 Å². The quantitative estimate of drug-likeness (QED) is 0.133. The predicted octanol–water partition coefficient (Wildman–Crippen LogP) is 5.46. The lowest BCUT2D eigenvalue weighted by Gasteiger charge is -2.06. The second-order valence-corrected chi connectivity index (χ2v) is 6.90. The minimum absolute atomic E-state index is 0.152. The summed E-state index contributed by atoms with van der Waals surface area (Å²) in [6, 6.07) is 0. The molecule has 0 aromatic rings. The molecule has 168 valence electrons. The van der Waals surface area contributed by atoms with Crippen molar-refractivity contribution < 1.29 is 28.5 Å². The van der Waals surface area contributed by atoms with Gasteiger partial charge < -0.3 is 18.9 Å². The topological polar surface area (TPSA) is 71.1 Å². The zero-order chi connectivity index (χ0) is 21.4. The Morgan fingerprint density at radius 2 is 0.862 bits per heavy atom. The first-order valence-corrected chi connectivity index (χ1v) is 11.0. The Bertz CT molecular complexity index is 384. The molecule has 6 heteroatoms. The highest BCUT2D eigenvalue weighted by atomic mass is 16.5. The van der Waals surface area contributed by atoms with Crippen LogP contribution < -0.4 is 0 Å². The molecule has 0 heterocycles. The van der Waals surface area contributed by atoms with E-state index in [1.807, 2.05) is 0 Å². The monoisotopic (exact) mass is 412 g/mol. The van der Waals surface area contributed by atoms with Crippen LogP contribution in [-0.4, -0.2) is 38.4 Å². The number of esters is 2. The highest BCUT2D eigenvalue weighted by Gasteiger charge is 2.05. The summed E-state index contributed by atoms with van der Waals surface area (Å²) in [7, 11) is 0. The van der Waals surface area contributed by atoms with E-state index in [2.05, 4.69) is 13.2 Å².